The van der Waals surface area contributed by atoms with Crippen molar-refractivity contribution in [1.82, 2.24) is 0 Å². The molecule has 2 rings (SSSR count). The second-order valence-corrected chi connectivity index (χ2v) is 4.86. The third kappa shape index (κ3) is 3.56. The molecule has 2 aromatic rings. The Morgan fingerprint density at radius 3 is 2.71 bits per heavy atom. The Bertz CT molecular complexity index is 638. The molecule has 21 heavy (non-hydrogen) atoms. The van der Waals surface area contributed by atoms with Gasteiger partial charge in [-0.2, -0.15) is 0 Å². The standard InChI is InChI=1S/C15H16ClNO4/c1-19-14-5-3-9(7-11(14)16)13-6-4-10(21-13)8-12(17)15(18)20-2/h3-7,12H,8,17H2,1-2H3. The monoisotopic (exact) mass is 309 g/mol. The summed E-state index contributed by atoms with van der Waals surface area (Å²) in [7, 11) is 2.86. The van der Waals surface area contributed by atoms with Crippen molar-refractivity contribution in [2.75, 3.05) is 14.2 Å². The van der Waals surface area contributed by atoms with Crippen molar-refractivity contribution in [2.24, 2.45) is 5.73 Å². The molecule has 0 aliphatic rings. The molecular weight excluding hydrogens is 294 g/mol. The Hall–Kier alpha value is -1.98. The van der Waals surface area contributed by atoms with Crippen LogP contribution in [0.15, 0.2) is 34.7 Å². The summed E-state index contributed by atoms with van der Waals surface area (Å²) < 4.78 is 15.4. The molecule has 0 spiro atoms. The van der Waals surface area contributed by atoms with Crippen LogP contribution in [0.1, 0.15) is 5.76 Å². The van der Waals surface area contributed by atoms with Crippen LogP contribution in [0.3, 0.4) is 0 Å². The molecule has 1 aromatic heterocycles. The quantitative estimate of drug-likeness (QED) is 0.859. The summed E-state index contributed by atoms with van der Waals surface area (Å²) >= 11 is 6.08. The van der Waals surface area contributed by atoms with Crippen molar-refractivity contribution in [3.8, 4) is 17.1 Å². The molecule has 6 heteroatoms. The zero-order chi connectivity index (χ0) is 15.4. The van der Waals surface area contributed by atoms with E-state index in [1.165, 1.54) is 7.11 Å². The average Bonchev–Trinajstić information content (AvgIpc) is 2.94. The van der Waals surface area contributed by atoms with Gasteiger partial charge in [0.05, 0.1) is 19.2 Å². The van der Waals surface area contributed by atoms with Crippen molar-refractivity contribution in [3.05, 3.63) is 41.1 Å². The van der Waals surface area contributed by atoms with E-state index in [2.05, 4.69) is 4.74 Å². The normalized spacial score (nSPS) is 12.0. The molecule has 0 saturated heterocycles. The van der Waals surface area contributed by atoms with E-state index in [-0.39, 0.29) is 6.42 Å². The number of esters is 1. The van der Waals surface area contributed by atoms with Crippen LogP contribution in [0.5, 0.6) is 5.75 Å². The van der Waals surface area contributed by atoms with Gasteiger partial charge in [0.25, 0.3) is 0 Å². The van der Waals surface area contributed by atoms with Crippen LogP contribution in [0, 0.1) is 0 Å². The molecule has 1 heterocycles. The first-order valence-electron chi connectivity index (χ1n) is 6.31. The molecule has 5 nitrogen and oxygen atoms in total. The van der Waals surface area contributed by atoms with Gasteiger partial charge in [-0.15, -0.1) is 0 Å². The largest absolute Gasteiger partial charge is 0.495 e. The highest BCUT2D eigenvalue weighted by molar-refractivity contribution is 6.32. The van der Waals surface area contributed by atoms with Crippen LogP contribution in [0.25, 0.3) is 11.3 Å². The Morgan fingerprint density at radius 1 is 1.33 bits per heavy atom. The predicted octanol–water partition coefficient (Wildman–Crippen LogP) is 2.65. The van der Waals surface area contributed by atoms with E-state index >= 15 is 0 Å². The Labute approximate surface area is 127 Å². The van der Waals surface area contributed by atoms with E-state index in [1.54, 1.807) is 31.4 Å². The van der Waals surface area contributed by atoms with E-state index in [4.69, 9.17) is 26.5 Å². The van der Waals surface area contributed by atoms with Crippen molar-refractivity contribution >= 4 is 17.6 Å². The highest BCUT2D eigenvalue weighted by Crippen LogP contribution is 2.31. The molecule has 0 aliphatic heterocycles. The van der Waals surface area contributed by atoms with Crippen LogP contribution in [0.4, 0.5) is 0 Å². The summed E-state index contributed by atoms with van der Waals surface area (Å²) in [5.74, 6) is 1.38. The maximum Gasteiger partial charge on any atom is 0.323 e. The Morgan fingerprint density at radius 2 is 2.10 bits per heavy atom. The van der Waals surface area contributed by atoms with Gasteiger partial charge in [-0.25, -0.2) is 0 Å². The molecule has 112 valence electrons. The number of carbonyl (C=O) groups is 1. The molecule has 0 saturated carbocycles. The summed E-state index contributed by atoms with van der Waals surface area (Å²) in [6, 6.07) is 8.19. The van der Waals surface area contributed by atoms with E-state index in [1.807, 2.05) is 6.07 Å². The topological polar surface area (TPSA) is 74.7 Å². The van der Waals surface area contributed by atoms with Crippen LogP contribution >= 0.6 is 11.6 Å². The van der Waals surface area contributed by atoms with Gasteiger partial charge in [0.15, 0.2) is 0 Å². The Balaban J connectivity index is 2.16. The fraction of sp³-hybridized carbons (Fsp3) is 0.267. The van der Waals surface area contributed by atoms with Crippen molar-refractivity contribution < 1.29 is 18.7 Å². The van der Waals surface area contributed by atoms with E-state index in [0.29, 0.717) is 22.3 Å². The number of carbonyl (C=O) groups excluding carboxylic acids is 1. The summed E-state index contributed by atoms with van der Waals surface area (Å²) in [5, 5.41) is 0.499. The number of furan rings is 1. The summed E-state index contributed by atoms with van der Waals surface area (Å²) in [5.41, 5.74) is 6.52. The molecule has 1 aromatic carbocycles. The number of benzene rings is 1. The van der Waals surface area contributed by atoms with Crippen LogP contribution in [0.2, 0.25) is 5.02 Å². The van der Waals surface area contributed by atoms with Gasteiger partial charge in [-0.3, -0.25) is 4.79 Å². The first kappa shape index (κ1) is 15.4. The minimum absolute atomic E-state index is 0.274. The van der Waals surface area contributed by atoms with E-state index in [0.717, 1.165) is 5.56 Å². The van der Waals surface area contributed by atoms with Gasteiger partial charge in [0.1, 0.15) is 23.3 Å². The molecule has 0 bridgehead atoms. The van der Waals surface area contributed by atoms with Gasteiger partial charge >= 0.3 is 5.97 Å². The van der Waals surface area contributed by atoms with Gasteiger partial charge < -0.3 is 19.6 Å². The molecule has 0 amide bonds. The second kappa shape index (κ2) is 6.65. The van der Waals surface area contributed by atoms with Crippen molar-refractivity contribution in [3.63, 3.8) is 0 Å². The smallest absolute Gasteiger partial charge is 0.323 e. The fourth-order valence-corrected chi connectivity index (χ4v) is 2.17. The summed E-state index contributed by atoms with van der Waals surface area (Å²) in [6.07, 6.45) is 0.274. The molecule has 2 N–H and O–H groups in total. The second-order valence-electron chi connectivity index (χ2n) is 4.45. The van der Waals surface area contributed by atoms with Crippen LogP contribution < -0.4 is 10.5 Å². The fourth-order valence-electron chi connectivity index (χ4n) is 1.91. The van der Waals surface area contributed by atoms with Crippen LogP contribution in [-0.2, 0) is 16.0 Å². The molecule has 0 fully saturated rings. The summed E-state index contributed by atoms with van der Waals surface area (Å²) in [4.78, 5) is 11.3. The van der Waals surface area contributed by atoms with Gasteiger partial charge in [0.2, 0.25) is 0 Å². The average molecular weight is 310 g/mol. The zero-order valence-electron chi connectivity index (χ0n) is 11.8. The molecule has 0 radical (unpaired) electrons. The molecular formula is C15H16ClNO4. The van der Waals surface area contributed by atoms with E-state index in [9.17, 15) is 4.79 Å². The van der Waals surface area contributed by atoms with Gasteiger partial charge in [-0.1, -0.05) is 11.6 Å². The van der Waals surface area contributed by atoms with E-state index < -0.39 is 12.0 Å². The number of nitrogens with two attached hydrogens (primary N) is 1. The lowest BCUT2D eigenvalue weighted by Gasteiger charge is -2.07. The first-order valence-corrected chi connectivity index (χ1v) is 6.69. The Kier molecular flexibility index (Phi) is 4.88. The minimum Gasteiger partial charge on any atom is -0.495 e. The van der Waals surface area contributed by atoms with Crippen LogP contribution in [-0.4, -0.2) is 26.2 Å². The number of hydrogen-bond acceptors (Lipinski definition) is 5. The van der Waals surface area contributed by atoms with Crippen molar-refractivity contribution in [1.29, 1.82) is 0 Å². The molecule has 1 atom stereocenters. The number of rotatable bonds is 5. The number of halogens is 1. The lowest BCUT2D eigenvalue weighted by molar-refractivity contribution is -0.142. The van der Waals surface area contributed by atoms with Crippen molar-refractivity contribution in [2.45, 2.75) is 12.5 Å². The van der Waals surface area contributed by atoms with Gasteiger partial charge in [-0.05, 0) is 30.3 Å². The maximum absolute atomic E-state index is 11.3. The maximum atomic E-state index is 11.3. The third-order valence-corrected chi connectivity index (χ3v) is 3.32. The van der Waals surface area contributed by atoms with Gasteiger partial charge in [0, 0.05) is 12.0 Å². The highest BCUT2D eigenvalue weighted by Gasteiger charge is 2.17. The number of methoxy groups -OCH3 is 2. The highest BCUT2D eigenvalue weighted by atomic mass is 35.5. The number of hydrogen-bond donors (Lipinski definition) is 1. The predicted molar refractivity (Wildman–Crippen MR) is 79.4 cm³/mol. The lowest BCUT2D eigenvalue weighted by atomic mass is 10.1. The molecule has 1 unspecified atom stereocenters. The molecule has 0 aliphatic carbocycles. The third-order valence-electron chi connectivity index (χ3n) is 3.02. The minimum atomic E-state index is -0.742. The zero-order valence-corrected chi connectivity index (χ0v) is 12.5. The number of ether oxygens (including phenoxy) is 2. The SMILES string of the molecule is COC(=O)C(N)Cc1ccc(-c2ccc(OC)c(Cl)c2)o1. The first-order chi connectivity index (χ1) is 10.0. The summed E-state index contributed by atoms with van der Waals surface area (Å²) in [6.45, 7) is 0. The lowest BCUT2D eigenvalue weighted by Crippen LogP contribution is -2.33.